The van der Waals surface area contributed by atoms with E-state index in [4.69, 9.17) is 4.98 Å². The fourth-order valence-electron chi connectivity index (χ4n) is 4.13. The molecule has 1 saturated heterocycles. The summed E-state index contributed by atoms with van der Waals surface area (Å²) in [5.41, 5.74) is 4.23. The Hall–Kier alpha value is -4.13. The molecule has 1 N–H and O–H groups in total. The molecule has 164 valence electrons. The maximum Gasteiger partial charge on any atom is 0.254 e. The zero-order valence-corrected chi connectivity index (χ0v) is 18.1. The van der Waals surface area contributed by atoms with E-state index in [2.05, 4.69) is 20.3 Å². The molecule has 1 fully saturated rings. The van der Waals surface area contributed by atoms with Gasteiger partial charge >= 0.3 is 0 Å². The highest BCUT2D eigenvalue weighted by Crippen LogP contribution is 2.33. The molecule has 0 unspecified atom stereocenters. The van der Waals surface area contributed by atoms with Gasteiger partial charge in [0, 0.05) is 49.1 Å². The molecule has 4 heterocycles. The van der Waals surface area contributed by atoms with Gasteiger partial charge in [0.2, 0.25) is 0 Å². The average molecular weight is 437 g/mol. The normalized spacial score (nSPS) is 15.4. The highest BCUT2D eigenvalue weighted by molar-refractivity contribution is 5.95. The summed E-state index contributed by atoms with van der Waals surface area (Å²) in [5.74, 6) is 0.592. The van der Waals surface area contributed by atoms with Crippen LogP contribution in [0.2, 0.25) is 0 Å². The van der Waals surface area contributed by atoms with Crippen LogP contribution < -0.4 is 5.32 Å². The first-order valence-electron chi connectivity index (χ1n) is 11.1. The summed E-state index contributed by atoms with van der Waals surface area (Å²) in [5, 5.41) is 3.38. The molecule has 0 saturated carbocycles. The Balaban J connectivity index is 1.34. The number of hydrogen-bond acceptors (Lipinski definition) is 6. The lowest BCUT2D eigenvalue weighted by Gasteiger charge is -2.25. The summed E-state index contributed by atoms with van der Waals surface area (Å²) in [6.07, 6.45) is 8.88. The zero-order valence-electron chi connectivity index (χ0n) is 18.1. The van der Waals surface area contributed by atoms with Gasteiger partial charge in [0.05, 0.1) is 11.7 Å². The standard InChI is InChI=1S/C26H24N6O/c33-26(20-7-3-8-21(16-20)30-18-19-6-4-12-27-17-19)32-15-5-10-24(32)22-11-14-29-25(31-22)23-9-1-2-13-28-23/h1-4,6-9,11-14,16-17,24,30H,5,10,15,18H2/t24-/m0/s1. The molecule has 1 aliphatic heterocycles. The van der Waals surface area contributed by atoms with Gasteiger partial charge in [-0.25, -0.2) is 9.97 Å². The number of nitrogens with zero attached hydrogens (tertiary/aromatic N) is 5. The van der Waals surface area contributed by atoms with E-state index in [-0.39, 0.29) is 11.9 Å². The second-order valence-corrected chi connectivity index (χ2v) is 7.97. The van der Waals surface area contributed by atoms with Crippen LogP contribution >= 0.6 is 0 Å². The topological polar surface area (TPSA) is 83.9 Å². The molecule has 7 nitrogen and oxygen atoms in total. The van der Waals surface area contributed by atoms with Crippen LogP contribution in [0.25, 0.3) is 11.5 Å². The van der Waals surface area contributed by atoms with Crippen LogP contribution in [0.5, 0.6) is 0 Å². The Kier molecular flexibility index (Phi) is 6.01. The van der Waals surface area contributed by atoms with E-state index in [0.717, 1.165) is 35.5 Å². The minimum absolute atomic E-state index is 0.0144. The Morgan fingerprint density at radius 2 is 1.97 bits per heavy atom. The van der Waals surface area contributed by atoms with Crippen LogP contribution in [-0.2, 0) is 6.54 Å². The van der Waals surface area contributed by atoms with E-state index in [1.165, 1.54) is 0 Å². The highest BCUT2D eigenvalue weighted by atomic mass is 16.2. The molecule has 5 rings (SSSR count). The van der Waals surface area contributed by atoms with Gasteiger partial charge in [-0.1, -0.05) is 18.2 Å². The van der Waals surface area contributed by atoms with Gasteiger partial charge in [-0.2, -0.15) is 0 Å². The van der Waals surface area contributed by atoms with Crippen molar-refractivity contribution in [2.24, 2.45) is 0 Å². The molecule has 7 heteroatoms. The smallest absolute Gasteiger partial charge is 0.254 e. The molecule has 0 bridgehead atoms. The quantitative estimate of drug-likeness (QED) is 0.478. The second-order valence-electron chi connectivity index (χ2n) is 7.97. The monoisotopic (exact) mass is 436 g/mol. The van der Waals surface area contributed by atoms with Crippen molar-refractivity contribution in [3.05, 3.63) is 102 Å². The molecule has 1 atom stereocenters. The van der Waals surface area contributed by atoms with Crippen molar-refractivity contribution in [1.82, 2.24) is 24.8 Å². The van der Waals surface area contributed by atoms with Gasteiger partial charge in [-0.05, 0) is 60.9 Å². The summed E-state index contributed by atoms with van der Waals surface area (Å²) < 4.78 is 0. The van der Waals surface area contributed by atoms with Crippen LogP contribution in [-0.4, -0.2) is 37.3 Å². The number of hydrogen-bond donors (Lipinski definition) is 1. The Bertz CT molecular complexity index is 1230. The van der Waals surface area contributed by atoms with Crippen LogP contribution in [0.1, 0.15) is 40.5 Å². The Labute approximate surface area is 192 Å². The van der Waals surface area contributed by atoms with Crippen molar-refractivity contribution >= 4 is 11.6 Å². The minimum Gasteiger partial charge on any atom is -0.381 e. The molecular formula is C26H24N6O. The summed E-state index contributed by atoms with van der Waals surface area (Å²) in [6.45, 7) is 1.36. The number of pyridine rings is 2. The lowest BCUT2D eigenvalue weighted by atomic mass is 10.1. The number of amides is 1. The van der Waals surface area contributed by atoms with Crippen molar-refractivity contribution in [3.63, 3.8) is 0 Å². The van der Waals surface area contributed by atoms with Crippen molar-refractivity contribution in [1.29, 1.82) is 0 Å². The van der Waals surface area contributed by atoms with E-state index < -0.39 is 0 Å². The predicted octanol–water partition coefficient (Wildman–Crippen LogP) is 4.52. The molecule has 0 radical (unpaired) electrons. The van der Waals surface area contributed by atoms with Crippen LogP contribution in [0, 0.1) is 0 Å². The SMILES string of the molecule is O=C(c1cccc(NCc2cccnc2)c1)N1CCC[C@H]1c1ccnc(-c2ccccn2)n1. The van der Waals surface area contributed by atoms with Gasteiger partial charge in [-0.15, -0.1) is 0 Å². The molecule has 0 aliphatic carbocycles. The predicted molar refractivity (Wildman–Crippen MR) is 126 cm³/mol. The first-order valence-corrected chi connectivity index (χ1v) is 11.1. The van der Waals surface area contributed by atoms with Crippen molar-refractivity contribution in [3.8, 4) is 11.5 Å². The average Bonchev–Trinajstić information content (AvgIpc) is 3.39. The molecule has 0 spiro atoms. The van der Waals surface area contributed by atoms with Gasteiger partial charge < -0.3 is 10.2 Å². The largest absolute Gasteiger partial charge is 0.381 e. The maximum absolute atomic E-state index is 13.4. The molecule has 1 amide bonds. The third-order valence-corrected chi connectivity index (χ3v) is 5.76. The lowest BCUT2D eigenvalue weighted by molar-refractivity contribution is 0.0733. The Morgan fingerprint density at radius 1 is 1.00 bits per heavy atom. The van der Waals surface area contributed by atoms with Gasteiger partial charge in [0.15, 0.2) is 5.82 Å². The fraction of sp³-hybridized carbons (Fsp3) is 0.192. The van der Waals surface area contributed by atoms with Crippen molar-refractivity contribution in [2.45, 2.75) is 25.4 Å². The number of aromatic nitrogens is 4. The van der Waals surface area contributed by atoms with E-state index >= 15 is 0 Å². The molecule has 1 aromatic carbocycles. The third kappa shape index (κ3) is 4.72. The number of rotatable bonds is 6. The third-order valence-electron chi connectivity index (χ3n) is 5.76. The first-order chi connectivity index (χ1) is 16.3. The summed E-state index contributed by atoms with van der Waals surface area (Å²) in [4.78, 5) is 33.0. The molecule has 4 aromatic rings. The molecular weight excluding hydrogens is 412 g/mol. The van der Waals surface area contributed by atoms with E-state index in [1.54, 1.807) is 18.6 Å². The fourth-order valence-corrected chi connectivity index (χ4v) is 4.13. The number of carbonyl (C=O) groups is 1. The van der Waals surface area contributed by atoms with Gasteiger partial charge in [0.1, 0.15) is 5.69 Å². The number of nitrogens with one attached hydrogen (secondary N) is 1. The van der Waals surface area contributed by atoms with Crippen LogP contribution in [0.4, 0.5) is 5.69 Å². The number of anilines is 1. The van der Waals surface area contributed by atoms with Crippen molar-refractivity contribution < 1.29 is 4.79 Å². The highest BCUT2D eigenvalue weighted by Gasteiger charge is 2.32. The van der Waals surface area contributed by atoms with E-state index in [0.29, 0.717) is 24.5 Å². The molecule has 33 heavy (non-hydrogen) atoms. The molecule has 3 aromatic heterocycles. The van der Waals surface area contributed by atoms with Gasteiger partial charge in [0.25, 0.3) is 5.91 Å². The summed E-state index contributed by atoms with van der Waals surface area (Å²) >= 11 is 0. The van der Waals surface area contributed by atoms with Gasteiger partial charge in [-0.3, -0.25) is 14.8 Å². The lowest BCUT2D eigenvalue weighted by Crippen LogP contribution is -2.31. The van der Waals surface area contributed by atoms with Crippen LogP contribution in [0.15, 0.2) is 85.5 Å². The molecule has 1 aliphatic rings. The summed E-state index contributed by atoms with van der Waals surface area (Å²) in [6, 6.07) is 19.1. The zero-order chi connectivity index (χ0) is 22.5. The van der Waals surface area contributed by atoms with E-state index in [1.807, 2.05) is 71.8 Å². The minimum atomic E-state index is -0.0741. The number of likely N-dealkylation sites (tertiary alicyclic amines) is 1. The summed E-state index contributed by atoms with van der Waals surface area (Å²) in [7, 11) is 0. The van der Waals surface area contributed by atoms with E-state index in [9.17, 15) is 4.79 Å². The first kappa shape index (κ1) is 20.8. The second kappa shape index (κ2) is 9.56. The maximum atomic E-state index is 13.4. The Morgan fingerprint density at radius 3 is 2.82 bits per heavy atom. The van der Waals surface area contributed by atoms with Crippen molar-refractivity contribution in [2.75, 3.05) is 11.9 Å². The van der Waals surface area contributed by atoms with Crippen LogP contribution in [0.3, 0.4) is 0 Å². The number of benzene rings is 1. The number of carbonyl (C=O) groups excluding carboxylic acids is 1.